The first kappa shape index (κ1) is 27.5. The molecule has 1 aromatic heterocycles. The molecule has 1 aromatic carbocycles. The number of nitrogens with zero attached hydrogens (tertiary/aromatic N) is 2. The van der Waals surface area contributed by atoms with Gasteiger partial charge in [-0.3, -0.25) is 9.69 Å². The number of hydrogen-bond acceptors (Lipinski definition) is 9. The molecule has 38 heavy (non-hydrogen) atoms. The number of carbonyl (C=O) groups is 2. The number of amides is 2. The average molecular weight is 529 g/mol. The van der Waals surface area contributed by atoms with Crippen molar-refractivity contribution in [2.75, 3.05) is 19.0 Å². The van der Waals surface area contributed by atoms with Crippen molar-refractivity contribution >= 4 is 17.8 Å². The van der Waals surface area contributed by atoms with E-state index in [1.54, 1.807) is 32.9 Å². The summed E-state index contributed by atoms with van der Waals surface area (Å²) >= 11 is 0. The van der Waals surface area contributed by atoms with Crippen LogP contribution in [0.2, 0.25) is 0 Å². The second-order valence-electron chi connectivity index (χ2n) is 10.8. The van der Waals surface area contributed by atoms with Crippen LogP contribution in [0.3, 0.4) is 0 Å². The van der Waals surface area contributed by atoms with Crippen molar-refractivity contribution in [1.29, 1.82) is 0 Å². The molecule has 1 fully saturated rings. The van der Waals surface area contributed by atoms with Gasteiger partial charge in [0.2, 0.25) is 0 Å². The molecule has 1 aliphatic carbocycles. The molecule has 4 rings (SSSR count). The second kappa shape index (κ2) is 10.7. The molecule has 1 saturated carbocycles. The lowest BCUT2D eigenvalue weighted by atomic mass is 9.87. The molecule has 0 unspecified atom stereocenters. The second-order valence-corrected chi connectivity index (χ2v) is 10.8. The van der Waals surface area contributed by atoms with E-state index in [4.69, 9.17) is 9.47 Å². The van der Waals surface area contributed by atoms with Crippen molar-refractivity contribution < 1.29 is 34.4 Å². The highest BCUT2D eigenvalue weighted by atomic mass is 16.6. The summed E-state index contributed by atoms with van der Waals surface area (Å²) in [5.41, 5.74) is -1.45. The van der Waals surface area contributed by atoms with Gasteiger partial charge in [0.1, 0.15) is 29.0 Å². The third-order valence-electron chi connectivity index (χ3n) is 6.83. The molecule has 2 aliphatic rings. The lowest BCUT2D eigenvalue weighted by Crippen LogP contribution is -2.64. The van der Waals surface area contributed by atoms with Crippen molar-refractivity contribution in [2.24, 2.45) is 0 Å². The first-order valence-corrected chi connectivity index (χ1v) is 12.7. The lowest BCUT2D eigenvalue weighted by Gasteiger charge is -2.46. The van der Waals surface area contributed by atoms with Gasteiger partial charge in [-0.05, 0) is 69.4 Å². The summed E-state index contributed by atoms with van der Waals surface area (Å²) in [5.74, 6) is 0.289. The highest BCUT2D eigenvalue weighted by Gasteiger charge is 2.49. The van der Waals surface area contributed by atoms with Crippen LogP contribution in [0.1, 0.15) is 61.5 Å². The Balaban J connectivity index is 1.53. The number of ether oxygens (including phenoxy) is 2. The number of fused-ring (bicyclic) bond motifs is 1. The topological polar surface area (TPSA) is 153 Å². The van der Waals surface area contributed by atoms with E-state index < -0.39 is 29.4 Å². The van der Waals surface area contributed by atoms with Gasteiger partial charge in [-0.2, -0.15) is 0 Å². The van der Waals surface area contributed by atoms with Crippen LogP contribution in [0.25, 0.3) is 0 Å². The number of benzene rings is 1. The normalized spacial score (nSPS) is 20.1. The van der Waals surface area contributed by atoms with E-state index in [1.165, 1.54) is 25.4 Å². The van der Waals surface area contributed by atoms with Gasteiger partial charge in [-0.15, -0.1) is 0 Å². The summed E-state index contributed by atoms with van der Waals surface area (Å²) in [7, 11) is 1.43. The number of phenols is 1. The predicted octanol–water partition coefficient (Wildman–Crippen LogP) is 2.53. The van der Waals surface area contributed by atoms with Gasteiger partial charge in [0.05, 0.1) is 25.4 Å². The summed E-state index contributed by atoms with van der Waals surface area (Å²) in [6.07, 6.45) is 2.15. The Morgan fingerprint density at radius 2 is 1.97 bits per heavy atom. The lowest BCUT2D eigenvalue weighted by molar-refractivity contribution is -0.177. The fourth-order valence-corrected chi connectivity index (χ4v) is 4.52. The van der Waals surface area contributed by atoms with Crippen LogP contribution < -0.4 is 15.4 Å². The monoisotopic (exact) mass is 528 g/mol. The quantitative estimate of drug-likeness (QED) is 0.365. The van der Waals surface area contributed by atoms with Crippen LogP contribution in [-0.2, 0) is 17.7 Å². The van der Waals surface area contributed by atoms with Gasteiger partial charge in [0.15, 0.2) is 5.72 Å². The molecule has 2 amide bonds. The van der Waals surface area contributed by atoms with Crippen LogP contribution >= 0.6 is 0 Å². The van der Waals surface area contributed by atoms with Crippen molar-refractivity contribution in [1.82, 2.24) is 15.2 Å². The Hall–Kier alpha value is -3.57. The number of anilines is 1. The molecular weight excluding hydrogens is 492 g/mol. The third-order valence-corrected chi connectivity index (χ3v) is 6.83. The molecular formula is C27H36N4O7. The minimum Gasteiger partial charge on any atom is -0.508 e. The third kappa shape index (κ3) is 5.94. The van der Waals surface area contributed by atoms with Crippen molar-refractivity contribution in [3.05, 3.63) is 47.2 Å². The van der Waals surface area contributed by atoms with E-state index in [-0.39, 0.29) is 36.6 Å². The number of nitrogens with one attached hydrogen (secondary N) is 2. The van der Waals surface area contributed by atoms with Crippen LogP contribution in [0.4, 0.5) is 10.6 Å². The van der Waals surface area contributed by atoms with E-state index in [0.717, 1.165) is 24.2 Å². The standard InChI is InChI=1S/C27H36N4O7/c1-26(2,3)38-25(35)31-15-17-10-19(32)9-8-16(17)12-27(31,36)22(33)14-29-24(34)20-11-23(28-13-21(20)37-4)30-18-6-5-7-18/h8-11,13,18,22,32-33,36H,5-7,12,14-15H2,1-4H3,(H,28,30)(H,29,34)/t22-,27+/m1/s1. The van der Waals surface area contributed by atoms with Crippen LogP contribution in [0.15, 0.2) is 30.5 Å². The minimum atomic E-state index is -2.08. The minimum absolute atomic E-state index is 0.0172. The number of aromatic hydroxyl groups is 1. The number of phenolic OH excluding ortho intramolecular Hbond substituents is 1. The van der Waals surface area contributed by atoms with Crippen molar-refractivity contribution in [2.45, 2.75) is 76.5 Å². The predicted molar refractivity (Wildman–Crippen MR) is 139 cm³/mol. The number of aliphatic hydroxyl groups excluding tert-OH is 1. The van der Waals surface area contributed by atoms with Crippen molar-refractivity contribution in [3.8, 4) is 11.5 Å². The number of methoxy groups -OCH3 is 1. The number of aromatic nitrogens is 1. The first-order chi connectivity index (χ1) is 17.9. The Morgan fingerprint density at radius 1 is 1.24 bits per heavy atom. The van der Waals surface area contributed by atoms with E-state index in [2.05, 4.69) is 15.6 Å². The molecule has 5 N–H and O–H groups in total. The molecule has 2 aromatic rings. The van der Waals surface area contributed by atoms with E-state index in [1.807, 2.05) is 0 Å². The van der Waals surface area contributed by atoms with Crippen LogP contribution in [0.5, 0.6) is 11.5 Å². The Morgan fingerprint density at radius 3 is 2.61 bits per heavy atom. The maximum atomic E-state index is 13.1. The maximum absolute atomic E-state index is 13.1. The number of hydrogen-bond donors (Lipinski definition) is 5. The summed E-state index contributed by atoms with van der Waals surface area (Å²) in [6, 6.07) is 6.51. The fraction of sp³-hybridized carbons (Fsp3) is 0.519. The largest absolute Gasteiger partial charge is 0.508 e. The number of carbonyl (C=O) groups excluding carboxylic acids is 2. The molecule has 0 spiro atoms. The average Bonchev–Trinajstić information content (AvgIpc) is 2.83. The molecule has 2 atom stereocenters. The van der Waals surface area contributed by atoms with Gasteiger partial charge in [0.25, 0.3) is 5.91 Å². The van der Waals surface area contributed by atoms with Crippen LogP contribution in [0, 0.1) is 0 Å². The van der Waals surface area contributed by atoms with E-state index in [9.17, 15) is 24.9 Å². The van der Waals surface area contributed by atoms with E-state index in [0.29, 0.717) is 23.0 Å². The van der Waals surface area contributed by atoms with Gasteiger partial charge in [-0.25, -0.2) is 9.78 Å². The number of aliphatic hydroxyl groups is 2. The Bertz CT molecular complexity index is 1190. The van der Waals surface area contributed by atoms with Crippen LogP contribution in [-0.4, -0.2) is 74.3 Å². The van der Waals surface area contributed by atoms with Gasteiger partial charge in [0, 0.05) is 19.0 Å². The van der Waals surface area contributed by atoms with Gasteiger partial charge >= 0.3 is 6.09 Å². The zero-order valence-corrected chi connectivity index (χ0v) is 22.2. The number of pyridine rings is 1. The Labute approximate surface area is 221 Å². The number of rotatable bonds is 7. The van der Waals surface area contributed by atoms with Gasteiger partial charge in [-0.1, -0.05) is 6.07 Å². The molecule has 11 heteroatoms. The fourth-order valence-electron chi connectivity index (χ4n) is 4.52. The molecule has 0 radical (unpaired) electrons. The highest BCUT2D eigenvalue weighted by Crippen LogP contribution is 2.35. The van der Waals surface area contributed by atoms with Gasteiger partial charge < -0.3 is 35.4 Å². The smallest absolute Gasteiger partial charge is 0.412 e. The molecule has 2 heterocycles. The molecule has 0 bridgehead atoms. The SMILES string of the molecule is COc1cnc(NC2CCC2)cc1C(=O)NC[C@@H](O)[C@@]1(O)Cc2ccc(O)cc2CN1C(=O)OC(C)(C)C. The first-order valence-electron chi connectivity index (χ1n) is 12.7. The molecule has 0 saturated heterocycles. The highest BCUT2D eigenvalue weighted by molar-refractivity contribution is 5.97. The summed E-state index contributed by atoms with van der Waals surface area (Å²) < 4.78 is 10.8. The maximum Gasteiger partial charge on any atom is 0.412 e. The molecule has 1 aliphatic heterocycles. The molecule has 206 valence electrons. The van der Waals surface area contributed by atoms with Crippen molar-refractivity contribution in [3.63, 3.8) is 0 Å². The summed E-state index contributed by atoms with van der Waals surface area (Å²) in [4.78, 5) is 31.5. The summed E-state index contributed by atoms with van der Waals surface area (Å²) in [6.45, 7) is 4.62. The zero-order chi connectivity index (χ0) is 27.7. The zero-order valence-electron chi connectivity index (χ0n) is 22.2. The Kier molecular flexibility index (Phi) is 7.70. The molecule has 11 nitrogen and oxygen atoms in total. The summed E-state index contributed by atoms with van der Waals surface area (Å²) in [5, 5.41) is 38.6. The van der Waals surface area contributed by atoms with E-state index >= 15 is 0 Å².